The Kier molecular flexibility index (Phi) is 1.92. The van der Waals surface area contributed by atoms with Crippen molar-refractivity contribution in [3.05, 3.63) is 42.2 Å². The molecule has 3 heteroatoms. The van der Waals surface area contributed by atoms with E-state index in [2.05, 4.69) is 10.1 Å². The zero-order valence-electron chi connectivity index (χ0n) is 6.88. The Hall–Kier alpha value is -1.90. The molecule has 1 heterocycles. The predicted octanol–water partition coefficient (Wildman–Crippen LogP) is 2.04. The summed E-state index contributed by atoms with van der Waals surface area (Å²) in [6.45, 7) is 0. The van der Waals surface area contributed by atoms with E-state index in [4.69, 9.17) is 5.21 Å². The number of nitrogens with zero attached hydrogens (tertiary/aromatic N) is 2. The highest BCUT2D eigenvalue weighted by molar-refractivity contribution is 5.89. The minimum absolute atomic E-state index is 0.864. The van der Waals surface area contributed by atoms with Gasteiger partial charge in [0.05, 0.1) is 6.21 Å². The highest BCUT2D eigenvalue weighted by atomic mass is 16.4. The number of pyridine rings is 1. The van der Waals surface area contributed by atoms with Gasteiger partial charge in [-0.05, 0) is 23.1 Å². The summed E-state index contributed by atoms with van der Waals surface area (Å²) in [4.78, 5) is 4.01. The van der Waals surface area contributed by atoms with Crippen LogP contribution >= 0.6 is 0 Å². The third-order valence-electron chi connectivity index (χ3n) is 1.87. The van der Waals surface area contributed by atoms with Crippen LogP contribution in [0.1, 0.15) is 5.56 Å². The van der Waals surface area contributed by atoms with Crippen molar-refractivity contribution in [2.45, 2.75) is 0 Å². The number of rotatable bonds is 1. The van der Waals surface area contributed by atoms with Gasteiger partial charge in [-0.2, -0.15) is 0 Å². The molecule has 0 atom stereocenters. The van der Waals surface area contributed by atoms with Crippen LogP contribution < -0.4 is 0 Å². The van der Waals surface area contributed by atoms with Crippen molar-refractivity contribution in [2.75, 3.05) is 0 Å². The first-order valence-corrected chi connectivity index (χ1v) is 3.91. The lowest BCUT2D eigenvalue weighted by Gasteiger charge is -1.96. The van der Waals surface area contributed by atoms with E-state index in [0.29, 0.717) is 0 Å². The Bertz CT molecular complexity index is 451. The van der Waals surface area contributed by atoms with E-state index in [-0.39, 0.29) is 0 Å². The van der Waals surface area contributed by atoms with Gasteiger partial charge in [0.2, 0.25) is 0 Å². The lowest BCUT2D eigenvalue weighted by atomic mass is 10.1. The second-order valence-electron chi connectivity index (χ2n) is 2.73. The standard InChI is InChI=1S/C10H8N2O/c13-12-6-8-1-2-9-3-4-11-7-10(9)5-8/h1-7,13H. The molecule has 2 aromatic rings. The molecule has 0 amide bonds. The van der Waals surface area contributed by atoms with Crippen LogP contribution in [0.3, 0.4) is 0 Å². The summed E-state index contributed by atoms with van der Waals surface area (Å²) in [5.41, 5.74) is 0.864. The maximum absolute atomic E-state index is 8.35. The topological polar surface area (TPSA) is 45.5 Å². The molecule has 0 fully saturated rings. The summed E-state index contributed by atoms with van der Waals surface area (Å²) in [7, 11) is 0. The van der Waals surface area contributed by atoms with Crippen LogP contribution in [0.25, 0.3) is 10.8 Å². The second kappa shape index (κ2) is 3.23. The number of fused-ring (bicyclic) bond motifs is 1. The molecule has 64 valence electrons. The fourth-order valence-corrected chi connectivity index (χ4v) is 1.25. The van der Waals surface area contributed by atoms with Gasteiger partial charge in [0.15, 0.2) is 0 Å². The largest absolute Gasteiger partial charge is 0.411 e. The molecule has 0 spiro atoms. The van der Waals surface area contributed by atoms with Crippen LogP contribution in [0, 0.1) is 0 Å². The highest BCUT2D eigenvalue weighted by Crippen LogP contribution is 2.12. The van der Waals surface area contributed by atoms with Crippen LogP contribution in [0.15, 0.2) is 41.8 Å². The van der Waals surface area contributed by atoms with E-state index in [9.17, 15) is 0 Å². The zero-order chi connectivity index (χ0) is 9.10. The molecular formula is C10H8N2O. The number of hydrogen-bond acceptors (Lipinski definition) is 3. The molecule has 2 rings (SSSR count). The molecule has 0 aliphatic carbocycles. The summed E-state index contributed by atoms with van der Waals surface area (Å²) < 4.78 is 0. The Labute approximate surface area is 75.3 Å². The maximum Gasteiger partial charge on any atom is 0.0734 e. The molecular weight excluding hydrogens is 164 g/mol. The van der Waals surface area contributed by atoms with Crippen LogP contribution in [-0.2, 0) is 0 Å². The molecule has 0 bridgehead atoms. The Balaban J connectivity index is 2.62. The van der Waals surface area contributed by atoms with E-state index in [1.807, 2.05) is 24.3 Å². The molecule has 0 saturated carbocycles. The average Bonchev–Trinajstić information content (AvgIpc) is 2.18. The summed E-state index contributed by atoms with van der Waals surface area (Å²) >= 11 is 0. The molecule has 13 heavy (non-hydrogen) atoms. The molecule has 1 N–H and O–H groups in total. The van der Waals surface area contributed by atoms with Gasteiger partial charge in [0.1, 0.15) is 0 Å². The molecule has 0 aliphatic rings. The van der Waals surface area contributed by atoms with Gasteiger partial charge < -0.3 is 5.21 Å². The molecule has 1 aromatic heterocycles. The fraction of sp³-hybridized carbons (Fsp3) is 0. The summed E-state index contributed by atoms with van der Waals surface area (Å²) in [5, 5.41) is 13.5. The van der Waals surface area contributed by atoms with Gasteiger partial charge in [-0.25, -0.2) is 0 Å². The molecule has 0 aliphatic heterocycles. The summed E-state index contributed by atoms with van der Waals surface area (Å²) in [6.07, 6.45) is 4.93. The van der Waals surface area contributed by atoms with Crippen LogP contribution in [-0.4, -0.2) is 16.4 Å². The van der Waals surface area contributed by atoms with Gasteiger partial charge in [0, 0.05) is 17.8 Å². The molecule has 0 radical (unpaired) electrons. The number of aromatic nitrogens is 1. The second-order valence-corrected chi connectivity index (χ2v) is 2.73. The average molecular weight is 172 g/mol. The lowest BCUT2D eigenvalue weighted by Crippen LogP contribution is -1.81. The first-order valence-electron chi connectivity index (χ1n) is 3.91. The van der Waals surface area contributed by atoms with Crippen molar-refractivity contribution in [3.8, 4) is 0 Å². The Morgan fingerprint density at radius 3 is 3.00 bits per heavy atom. The van der Waals surface area contributed by atoms with Crippen LogP contribution in [0.2, 0.25) is 0 Å². The van der Waals surface area contributed by atoms with Crippen molar-refractivity contribution in [1.82, 2.24) is 4.98 Å². The third-order valence-corrected chi connectivity index (χ3v) is 1.87. The van der Waals surface area contributed by atoms with Crippen molar-refractivity contribution in [2.24, 2.45) is 5.16 Å². The summed E-state index contributed by atoms with van der Waals surface area (Å²) in [5.74, 6) is 0. The van der Waals surface area contributed by atoms with E-state index in [0.717, 1.165) is 16.3 Å². The predicted molar refractivity (Wildman–Crippen MR) is 51.1 cm³/mol. The van der Waals surface area contributed by atoms with E-state index < -0.39 is 0 Å². The minimum Gasteiger partial charge on any atom is -0.411 e. The van der Waals surface area contributed by atoms with Gasteiger partial charge in [-0.15, -0.1) is 0 Å². The Morgan fingerprint density at radius 1 is 1.23 bits per heavy atom. The van der Waals surface area contributed by atoms with Crippen molar-refractivity contribution < 1.29 is 5.21 Å². The molecule has 0 unspecified atom stereocenters. The smallest absolute Gasteiger partial charge is 0.0734 e. The molecule has 0 saturated heterocycles. The van der Waals surface area contributed by atoms with Crippen molar-refractivity contribution >= 4 is 17.0 Å². The van der Waals surface area contributed by atoms with Gasteiger partial charge in [0.25, 0.3) is 0 Å². The molecule has 3 nitrogen and oxygen atoms in total. The van der Waals surface area contributed by atoms with Gasteiger partial charge in [-0.3, -0.25) is 4.98 Å². The molecule has 1 aromatic carbocycles. The SMILES string of the molecule is ON=Cc1ccc2ccncc2c1. The van der Waals surface area contributed by atoms with Crippen molar-refractivity contribution in [3.63, 3.8) is 0 Å². The van der Waals surface area contributed by atoms with Crippen LogP contribution in [0.5, 0.6) is 0 Å². The summed E-state index contributed by atoms with van der Waals surface area (Å²) in [6, 6.07) is 7.72. The maximum atomic E-state index is 8.35. The van der Waals surface area contributed by atoms with E-state index >= 15 is 0 Å². The number of benzene rings is 1. The minimum atomic E-state index is 0.864. The zero-order valence-corrected chi connectivity index (χ0v) is 6.88. The van der Waals surface area contributed by atoms with Gasteiger partial charge in [-0.1, -0.05) is 17.3 Å². The fourth-order valence-electron chi connectivity index (χ4n) is 1.25. The Morgan fingerprint density at radius 2 is 2.15 bits per heavy atom. The first kappa shape index (κ1) is 7.73. The van der Waals surface area contributed by atoms with E-state index in [1.54, 1.807) is 12.4 Å². The first-order chi connectivity index (χ1) is 6.40. The quantitative estimate of drug-likeness (QED) is 0.406. The lowest BCUT2D eigenvalue weighted by molar-refractivity contribution is 0.322. The third kappa shape index (κ3) is 1.49. The van der Waals surface area contributed by atoms with Crippen LogP contribution in [0.4, 0.5) is 0 Å². The van der Waals surface area contributed by atoms with E-state index in [1.165, 1.54) is 6.21 Å². The van der Waals surface area contributed by atoms with Crippen molar-refractivity contribution in [1.29, 1.82) is 0 Å². The normalized spacial score (nSPS) is 11.1. The van der Waals surface area contributed by atoms with Gasteiger partial charge >= 0.3 is 0 Å². The highest BCUT2D eigenvalue weighted by Gasteiger charge is 1.93. The number of hydrogen-bond donors (Lipinski definition) is 1. The monoisotopic (exact) mass is 172 g/mol. The number of oxime groups is 1.